The third-order valence-electron chi connectivity index (χ3n) is 4.19. The highest BCUT2D eigenvalue weighted by Crippen LogP contribution is 2.35. The van der Waals surface area contributed by atoms with Crippen molar-refractivity contribution in [3.05, 3.63) is 18.1 Å². The van der Waals surface area contributed by atoms with Gasteiger partial charge in [-0.2, -0.15) is 0 Å². The van der Waals surface area contributed by atoms with Gasteiger partial charge in [0.2, 0.25) is 5.88 Å². The fraction of sp³-hybridized carbons (Fsp3) is 0.733. The Labute approximate surface area is 121 Å². The maximum Gasteiger partial charge on any atom is 0.237 e. The average Bonchev–Trinajstić information content (AvgIpc) is 2.99. The normalized spacial score (nSPS) is 18.2. The lowest BCUT2D eigenvalue weighted by atomic mass is 9.89. The lowest BCUT2D eigenvalue weighted by molar-refractivity contribution is 0.104. The van der Waals surface area contributed by atoms with E-state index in [0.717, 1.165) is 25.3 Å². The second-order valence-electron chi connectivity index (χ2n) is 5.79. The summed E-state index contributed by atoms with van der Waals surface area (Å²) in [6.45, 7) is 9.87. The summed E-state index contributed by atoms with van der Waals surface area (Å²) < 4.78 is 5.40. The van der Waals surface area contributed by atoms with Gasteiger partial charge in [-0.15, -0.1) is 0 Å². The van der Waals surface area contributed by atoms with Gasteiger partial charge in [0.1, 0.15) is 5.69 Å². The molecule has 0 aromatic carbocycles. The third kappa shape index (κ3) is 2.94. The number of hydrogen-bond acceptors (Lipinski definition) is 5. The lowest BCUT2D eigenvalue weighted by Crippen LogP contribution is -2.52. The monoisotopic (exact) mass is 278 g/mol. The Bertz CT molecular complexity index is 430. The minimum atomic E-state index is -0.0180. The van der Waals surface area contributed by atoms with Gasteiger partial charge in [0, 0.05) is 17.9 Å². The van der Waals surface area contributed by atoms with Crippen LogP contribution in [0.3, 0.4) is 0 Å². The zero-order valence-corrected chi connectivity index (χ0v) is 13.0. The molecule has 5 heteroatoms. The summed E-state index contributed by atoms with van der Waals surface area (Å²) in [5, 5.41) is 3.57. The first-order valence-corrected chi connectivity index (χ1v) is 7.44. The molecule has 0 aliphatic carbocycles. The molecule has 0 amide bonds. The highest BCUT2D eigenvalue weighted by Gasteiger charge is 2.39. The zero-order chi connectivity index (χ0) is 14.6. The molecular formula is C15H26N4O. The predicted octanol–water partition coefficient (Wildman–Crippen LogP) is 2.01. The summed E-state index contributed by atoms with van der Waals surface area (Å²) in [4.78, 5) is 11.4. The molecule has 0 spiro atoms. The minimum absolute atomic E-state index is 0.0180. The second kappa shape index (κ2) is 6.50. The fourth-order valence-electron chi connectivity index (χ4n) is 3.05. The van der Waals surface area contributed by atoms with E-state index < -0.39 is 0 Å². The number of likely N-dealkylation sites (tertiary alicyclic amines) is 1. The Balaban J connectivity index is 2.34. The number of aromatic nitrogens is 2. The second-order valence-corrected chi connectivity index (χ2v) is 5.79. The van der Waals surface area contributed by atoms with Gasteiger partial charge in [-0.05, 0) is 46.3 Å². The van der Waals surface area contributed by atoms with E-state index >= 15 is 0 Å². The third-order valence-corrected chi connectivity index (χ3v) is 4.19. The van der Waals surface area contributed by atoms with Crippen molar-refractivity contribution in [1.29, 1.82) is 0 Å². The Morgan fingerprint density at radius 3 is 2.55 bits per heavy atom. The Morgan fingerprint density at radius 1 is 1.30 bits per heavy atom. The zero-order valence-electron chi connectivity index (χ0n) is 13.0. The fourth-order valence-corrected chi connectivity index (χ4v) is 3.05. The summed E-state index contributed by atoms with van der Waals surface area (Å²) in [6, 6.07) is 0.106. The average molecular weight is 278 g/mol. The van der Waals surface area contributed by atoms with Gasteiger partial charge in [0.05, 0.1) is 13.2 Å². The van der Waals surface area contributed by atoms with Gasteiger partial charge in [0.15, 0.2) is 0 Å². The van der Waals surface area contributed by atoms with E-state index in [1.54, 1.807) is 19.5 Å². The molecule has 5 nitrogen and oxygen atoms in total. The Kier molecular flexibility index (Phi) is 4.94. The van der Waals surface area contributed by atoms with E-state index in [9.17, 15) is 0 Å². The summed E-state index contributed by atoms with van der Waals surface area (Å²) in [5.74, 6) is 0.616. The van der Waals surface area contributed by atoms with Crippen molar-refractivity contribution in [2.75, 3.05) is 26.7 Å². The van der Waals surface area contributed by atoms with Crippen LogP contribution in [-0.4, -0.2) is 47.2 Å². The number of ether oxygens (including phenoxy) is 1. The highest BCUT2D eigenvalue weighted by molar-refractivity contribution is 5.25. The molecule has 1 atom stereocenters. The van der Waals surface area contributed by atoms with Gasteiger partial charge >= 0.3 is 0 Å². The number of hydrogen-bond donors (Lipinski definition) is 1. The summed E-state index contributed by atoms with van der Waals surface area (Å²) in [5.41, 5.74) is 0.879. The number of nitrogens with zero attached hydrogens (tertiary/aromatic N) is 3. The molecule has 20 heavy (non-hydrogen) atoms. The molecule has 0 saturated carbocycles. The summed E-state index contributed by atoms with van der Waals surface area (Å²) in [6.07, 6.45) is 5.97. The van der Waals surface area contributed by atoms with Crippen LogP contribution in [0.5, 0.6) is 5.88 Å². The standard InChI is InChI=1S/C15H26N4O/c1-5-16-13(12-14(20-4)18-9-8-17-12)15(2,3)19-10-6-7-11-19/h8-9,13,16H,5-7,10-11H2,1-4H3. The quantitative estimate of drug-likeness (QED) is 0.862. The molecule has 1 aliphatic heterocycles. The van der Waals surface area contributed by atoms with Crippen molar-refractivity contribution in [2.45, 2.75) is 45.2 Å². The number of likely N-dealkylation sites (N-methyl/N-ethyl adjacent to an activating group) is 1. The van der Waals surface area contributed by atoms with Crippen LogP contribution in [0.4, 0.5) is 0 Å². The molecule has 0 bridgehead atoms. The maximum absolute atomic E-state index is 5.40. The van der Waals surface area contributed by atoms with Crippen LogP contribution in [0.15, 0.2) is 12.4 Å². The lowest BCUT2D eigenvalue weighted by Gasteiger charge is -2.42. The molecule has 2 rings (SSSR count). The first kappa shape index (κ1) is 15.2. The van der Waals surface area contributed by atoms with Gasteiger partial charge in [-0.25, -0.2) is 4.98 Å². The maximum atomic E-state index is 5.40. The van der Waals surface area contributed by atoms with Gasteiger partial charge in [-0.1, -0.05) is 6.92 Å². The predicted molar refractivity (Wildman–Crippen MR) is 79.9 cm³/mol. The first-order valence-electron chi connectivity index (χ1n) is 7.44. The molecule has 1 fully saturated rings. The van der Waals surface area contributed by atoms with E-state index in [2.05, 4.69) is 41.0 Å². The molecule has 1 aliphatic rings. The smallest absolute Gasteiger partial charge is 0.237 e. The van der Waals surface area contributed by atoms with Crippen LogP contribution >= 0.6 is 0 Å². The van der Waals surface area contributed by atoms with E-state index in [4.69, 9.17) is 4.74 Å². The Hall–Kier alpha value is -1.20. The molecule has 1 aromatic rings. The van der Waals surface area contributed by atoms with Crippen LogP contribution in [0.2, 0.25) is 0 Å². The van der Waals surface area contributed by atoms with Crippen molar-refractivity contribution in [3.63, 3.8) is 0 Å². The molecule has 1 unspecified atom stereocenters. The van der Waals surface area contributed by atoms with E-state index in [-0.39, 0.29) is 11.6 Å². The Morgan fingerprint density at radius 2 is 1.95 bits per heavy atom. The summed E-state index contributed by atoms with van der Waals surface area (Å²) >= 11 is 0. The van der Waals surface area contributed by atoms with Crippen LogP contribution in [-0.2, 0) is 0 Å². The van der Waals surface area contributed by atoms with E-state index in [1.807, 2.05) is 0 Å². The van der Waals surface area contributed by atoms with Crippen molar-refractivity contribution in [2.24, 2.45) is 0 Å². The van der Waals surface area contributed by atoms with Crippen LogP contribution in [0, 0.1) is 0 Å². The topological polar surface area (TPSA) is 50.3 Å². The first-order chi connectivity index (χ1) is 9.61. The van der Waals surface area contributed by atoms with Crippen LogP contribution in [0.25, 0.3) is 0 Å². The van der Waals surface area contributed by atoms with E-state index in [1.165, 1.54) is 12.8 Å². The molecule has 1 aromatic heterocycles. The molecular weight excluding hydrogens is 252 g/mol. The SMILES string of the molecule is CCNC(c1nccnc1OC)C(C)(C)N1CCCC1. The molecule has 1 saturated heterocycles. The van der Waals surface area contributed by atoms with Crippen molar-refractivity contribution >= 4 is 0 Å². The van der Waals surface area contributed by atoms with Gasteiger partial charge in [-0.3, -0.25) is 9.88 Å². The molecule has 2 heterocycles. The van der Waals surface area contributed by atoms with Crippen molar-refractivity contribution in [3.8, 4) is 5.88 Å². The number of nitrogens with one attached hydrogen (secondary N) is 1. The van der Waals surface area contributed by atoms with Crippen molar-refractivity contribution < 1.29 is 4.74 Å². The van der Waals surface area contributed by atoms with E-state index in [0.29, 0.717) is 5.88 Å². The highest BCUT2D eigenvalue weighted by atomic mass is 16.5. The van der Waals surface area contributed by atoms with Gasteiger partial charge in [0.25, 0.3) is 0 Å². The number of rotatable bonds is 6. The largest absolute Gasteiger partial charge is 0.480 e. The number of methoxy groups -OCH3 is 1. The molecule has 1 N–H and O–H groups in total. The summed E-state index contributed by atoms with van der Waals surface area (Å²) in [7, 11) is 1.65. The molecule has 0 radical (unpaired) electrons. The van der Waals surface area contributed by atoms with Gasteiger partial charge < -0.3 is 10.1 Å². The van der Waals surface area contributed by atoms with Crippen LogP contribution in [0.1, 0.15) is 45.3 Å². The minimum Gasteiger partial charge on any atom is -0.480 e. The van der Waals surface area contributed by atoms with Crippen LogP contribution < -0.4 is 10.1 Å². The molecule has 112 valence electrons. The van der Waals surface area contributed by atoms with Crippen molar-refractivity contribution in [1.82, 2.24) is 20.2 Å².